The summed E-state index contributed by atoms with van der Waals surface area (Å²) in [7, 11) is 0. The van der Waals surface area contributed by atoms with Crippen molar-refractivity contribution in [3.63, 3.8) is 0 Å². The molecular formula is C12H10F2N2S. The predicted octanol–water partition coefficient (Wildman–Crippen LogP) is 3.87. The first-order valence-corrected chi connectivity index (χ1v) is 5.82. The van der Waals surface area contributed by atoms with Crippen LogP contribution < -0.4 is 0 Å². The standard InChI is InChI=1S/C12H10F2N2S/c13-7-5-9(14)11-10(6-7)16(12(17)15-11)8-3-1-2-4-8/h1-2,5-6,8H,3-4H2,(H,15,17). The second-order valence-electron chi connectivity index (χ2n) is 4.18. The summed E-state index contributed by atoms with van der Waals surface area (Å²) < 4.78 is 29.1. The van der Waals surface area contributed by atoms with E-state index < -0.39 is 11.6 Å². The molecule has 0 bridgehead atoms. The second kappa shape index (κ2) is 3.77. The van der Waals surface area contributed by atoms with E-state index in [2.05, 4.69) is 17.1 Å². The highest BCUT2D eigenvalue weighted by molar-refractivity contribution is 7.71. The summed E-state index contributed by atoms with van der Waals surface area (Å²) in [6.45, 7) is 0. The number of hydrogen-bond acceptors (Lipinski definition) is 1. The molecule has 0 spiro atoms. The van der Waals surface area contributed by atoms with Gasteiger partial charge in [-0.25, -0.2) is 8.78 Å². The molecule has 1 aliphatic rings. The Morgan fingerprint density at radius 3 is 2.65 bits per heavy atom. The fraction of sp³-hybridized carbons (Fsp3) is 0.250. The first-order valence-electron chi connectivity index (χ1n) is 5.41. The smallest absolute Gasteiger partial charge is 0.178 e. The molecule has 0 saturated heterocycles. The molecule has 0 unspecified atom stereocenters. The molecule has 88 valence electrons. The summed E-state index contributed by atoms with van der Waals surface area (Å²) in [4.78, 5) is 2.81. The SMILES string of the molecule is Fc1cc(F)c2[nH]c(=S)n(C3CC=CC3)c2c1. The van der Waals surface area contributed by atoms with Crippen LogP contribution in [0.2, 0.25) is 0 Å². The van der Waals surface area contributed by atoms with Gasteiger partial charge in [-0.15, -0.1) is 0 Å². The number of rotatable bonds is 1. The van der Waals surface area contributed by atoms with Gasteiger partial charge in [-0.2, -0.15) is 0 Å². The number of benzene rings is 1. The van der Waals surface area contributed by atoms with Gasteiger partial charge in [0.15, 0.2) is 10.6 Å². The molecule has 0 fully saturated rings. The van der Waals surface area contributed by atoms with Gasteiger partial charge in [-0.3, -0.25) is 0 Å². The number of allylic oxidation sites excluding steroid dienone is 2. The van der Waals surface area contributed by atoms with Crippen molar-refractivity contribution in [1.29, 1.82) is 0 Å². The molecular weight excluding hydrogens is 242 g/mol. The summed E-state index contributed by atoms with van der Waals surface area (Å²) >= 11 is 5.18. The van der Waals surface area contributed by atoms with Gasteiger partial charge in [0, 0.05) is 12.1 Å². The van der Waals surface area contributed by atoms with Crippen LogP contribution in [0, 0.1) is 16.4 Å². The van der Waals surface area contributed by atoms with Gasteiger partial charge in [-0.1, -0.05) is 12.2 Å². The van der Waals surface area contributed by atoms with Crippen LogP contribution >= 0.6 is 12.2 Å². The van der Waals surface area contributed by atoms with Crippen molar-refractivity contribution in [2.45, 2.75) is 18.9 Å². The molecule has 1 heterocycles. The first kappa shape index (κ1) is 10.7. The van der Waals surface area contributed by atoms with Crippen LogP contribution in [0.15, 0.2) is 24.3 Å². The summed E-state index contributed by atoms with van der Waals surface area (Å²) in [5.74, 6) is -1.18. The number of nitrogens with zero attached hydrogens (tertiary/aromatic N) is 1. The molecule has 1 aromatic heterocycles. The summed E-state index contributed by atoms with van der Waals surface area (Å²) in [6, 6.07) is 2.35. The fourth-order valence-electron chi connectivity index (χ4n) is 2.33. The van der Waals surface area contributed by atoms with Crippen molar-refractivity contribution in [3.8, 4) is 0 Å². The number of aromatic amines is 1. The van der Waals surface area contributed by atoms with E-state index in [0.717, 1.165) is 18.9 Å². The van der Waals surface area contributed by atoms with E-state index in [1.54, 1.807) is 4.57 Å². The lowest BCUT2D eigenvalue weighted by Crippen LogP contribution is -2.05. The van der Waals surface area contributed by atoms with Gasteiger partial charge in [0.1, 0.15) is 11.3 Å². The van der Waals surface area contributed by atoms with Gasteiger partial charge in [0.2, 0.25) is 0 Å². The fourth-order valence-corrected chi connectivity index (χ4v) is 2.68. The normalized spacial score (nSPS) is 16.1. The molecule has 1 aliphatic carbocycles. The van der Waals surface area contributed by atoms with Crippen LogP contribution in [0.3, 0.4) is 0 Å². The molecule has 17 heavy (non-hydrogen) atoms. The zero-order valence-corrected chi connectivity index (χ0v) is 9.73. The lowest BCUT2D eigenvalue weighted by atomic mass is 10.2. The molecule has 0 aliphatic heterocycles. The number of imidazole rings is 1. The van der Waals surface area contributed by atoms with Crippen LogP contribution in [-0.4, -0.2) is 9.55 Å². The third-order valence-electron chi connectivity index (χ3n) is 3.09. The number of fused-ring (bicyclic) bond motifs is 1. The highest BCUT2D eigenvalue weighted by atomic mass is 32.1. The number of halogens is 2. The van der Waals surface area contributed by atoms with Gasteiger partial charge in [-0.05, 0) is 31.1 Å². The van der Waals surface area contributed by atoms with Crippen molar-refractivity contribution < 1.29 is 8.78 Å². The number of H-pyrrole nitrogens is 1. The minimum atomic E-state index is -0.601. The van der Waals surface area contributed by atoms with Crippen LogP contribution in [0.4, 0.5) is 8.78 Å². The first-order chi connectivity index (χ1) is 8.16. The Balaban J connectivity index is 2.30. The Kier molecular flexibility index (Phi) is 2.36. The summed E-state index contributed by atoms with van der Waals surface area (Å²) in [6.07, 6.45) is 5.81. The molecule has 5 heteroatoms. The molecule has 2 aromatic rings. The highest BCUT2D eigenvalue weighted by Crippen LogP contribution is 2.29. The van der Waals surface area contributed by atoms with Crippen molar-refractivity contribution in [2.24, 2.45) is 0 Å². The molecule has 0 radical (unpaired) electrons. The second-order valence-corrected chi connectivity index (χ2v) is 4.57. The van der Waals surface area contributed by atoms with Gasteiger partial charge < -0.3 is 9.55 Å². The topological polar surface area (TPSA) is 20.7 Å². The maximum absolute atomic E-state index is 13.6. The Morgan fingerprint density at radius 1 is 1.24 bits per heavy atom. The lowest BCUT2D eigenvalue weighted by molar-refractivity contribution is 0.542. The van der Waals surface area contributed by atoms with E-state index in [9.17, 15) is 8.78 Å². The quantitative estimate of drug-likeness (QED) is 0.603. The molecule has 0 saturated carbocycles. The zero-order chi connectivity index (χ0) is 12.0. The maximum atomic E-state index is 13.6. The highest BCUT2D eigenvalue weighted by Gasteiger charge is 2.18. The largest absolute Gasteiger partial charge is 0.328 e. The Bertz CT molecular complexity index is 661. The Morgan fingerprint density at radius 2 is 1.94 bits per heavy atom. The molecule has 0 atom stereocenters. The molecule has 1 aromatic carbocycles. The van der Waals surface area contributed by atoms with Gasteiger partial charge in [0.25, 0.3) is 0 Å². The molecule has 3 rings (SSSR count). The van der Waals surface area contributed by atoms with Crippen LogP contribution in [0.5, 0.6) is 0 Å². The molecule has 2 nitrogen and oxygen atoms in total. The van der Waals surface area contributed by atoms with Crippen molar-refractivity contribution in [3.05, 3.63) is 40.7 Å². The average molecular weight is 252 g/mol. The van der Waals surface area contributed by atoms with Crippen LogP contribution in [-0.2, 0) is 0 Å². The zero-order valence-electron chi connectivity index (χ0n) is 8.91. The maximum Gasteiger partial charge on any atom is 0.178 e. The minimum absolute atomic E-state index is 0.164. The Labute approximate surface area is 102 Å². The monoisotopic (exact) mass is 252 g/mol. The van der Waals surface area contributed by atoms with Gasteiger partial charge in [0.05, 0.1) is 5.52 Å². The van der Waals surface area contributed by atoms with Crippen molar-refractivity contribution >= 4 is 23.3 Å². The van der Waals surface area contributed by atoms with Gasteiger partial charge >= 0.3 is 0 Å². The van der Waals surface area contributed by atoms with E-state index in [1.165, 1.54) is 6.07 Å². The number of nitrogens with one attached hydrogen (secondary N) is 1. The van der Waals surface area contributed by atoms with Crippen molar-refractivity contribution in [1.82, 2.24) is 9.55 Å². The third kappa shape index (κ3) is 1.61. The molecule has 0 amide bonds. The number of hydrogen-bond donors (Lipinski definition) is 1. The van der Waals surface area contributed by atoms with E-state index in [-0.39, 0.29) is 11.6 Å². The van der Waals surface area contributed by atoms with E-state index in [4.69, 9.17) is 12.2 Å². The average Bonchev–Trinajstić information content (AvgIpc) is 2.84. The van der Waals surface area contributed by atoms with E-state index in [0.29, 0.717) is 10.3 Å². The minimum Gasteiger partial charge on any atom is -0.328 e. The van der Waals surface area contributed by atoms with Crippen LogP contribution in [0.1, 0.15) is 18.9 Å². The summed E-state index contributed by atoms with van der Waals surface area (Å²) in [5.41, 5.74) is 0.782. The predicted molar refractivity (Wildman–Crippen MR) is 64.4 cm³/mol. The summed E-state index contributed by atoms with van der Waals surface area (Å²) in [5, 5.41) is 0. The lowest BCUT2D eigenvalue weighted by Gasteiger charge is -2.12. The molecule has 1 N–H and O–H groups in total. The van der Waals surface area contributed by atoms with Crippen LogP contribution in [0.25, 0.3) is 11.0 Å². The third-order valence-corrected chi connectivity index (χ3v) is 3.39. The number of aromatic nitrogens is 2. The van der Waals surface area contributed by atoms with E-state index in [1.807, 2.05) is 0 Å². The van der Waals surface area contributed by atoms with Crippen molar-refractivity contribution in [2.75, 3.05) is 0 Å². The Hall–Kier alpha value is -1.49. The van der Waals surface area contributed by atoms with E-state index >= 15 is 0 Å².